The number of anilines is 3. The number of aromatic amines is 1. The summed E-state index contributed by atoms with van der Waals surface area (Å²) >= 11 is 0. The van der Waals surface area contributed by atoms with Crippen molar-refractivity contribution in [2.45, 2.75) is 0 Å². The molecule has 0 saturated heterocycles. The first-order chi connectivity index (χ1) is 20.4. The molecule has 0 radical (unpaired) electrons. The van der Waals surface area contributed by atoms with Gasteiger partial charge in [0.1, 0.15) is 23.3 Å². The minimum absolute atomic E-state index is 0. The van der Waals surface area contributed by atoms with Crippen molar-refractivity contribution in [3.05, 3.63) is 59.2 Å². The van der Waals surface area contributed by atoms with Gasteiger partial charge in [-0.05, 0) is 24.3 Å². The largest absolute Gasteiger partial charge is 0.507 e. The molecule has 0 unspecified atom stereocenters. The summed E-state index contributed by atoms with van der Waals surface area (Å²) in [7, 11) is 0. The van der Waals surface area contributed by atoms with Crippen LogP contribution in [0.5, 0.6) is 11.5 Å². The second-order valence-electron chi connectivity index (χ2n) is 9.08. The summed E-state index contributed by atoms with van der Waals surface area (Å²) in [6.45, 7) is 2.81. The highest BCUT2D eigenvalue weighted by atomic mass is 35.5. The second kappa shape index (κ2) is 17.1. The molecule has 238 valence electrons. The van der Waals surface area contributed by atoms with Gasteiger partial charge in [0.05, 0.1) is 41.8 Å². The number of aliphatic hydroxyl groups is 2. The number of nitrogen functional groups attached to an aromatic ring is 1. The fraction of sp³-hybridized carbons (Fsp3) is 0.296. The number of nitrogens with one attached hydrogen (secondary N) is 5. The van der Waals surface area contributed by atoms with Gasteiger partial charge in [0.25, 0.3) is 0 Å². The van der Waals surface area contributed by atoms with Crippen molar-refractivity contribution in [3.8, 4) is 11.5 Å². The molecule has 1 aliphatic carbocycles. The van der Waals surface area contributed by atoms with Crippen LogP contribution in [0.15, 0.2) is 36.9 Å². The molecule has 15 nitrogen and oxygen atoms in total. The summed E-state index contributed by atoms with van der Waals surface area (Å²) in [5.41, 5.74) is 7.46. The van der Waals surface area contributed by atoms with Crippen LogP contribution in [0.4, 0.5) is 17.2 Å². The minimum Gasteiger partial charge on any atom is -0.507 e. The number of nitrogens with zero attached hydrogens (tertiary/aromatic N) is 3. The number of nitrogens with two attached hydrogens (primary N) is 1. The molecule has 0 fully saturated rings. The Balaban J connectivity index is 0.000000474. The van der Waals surface area contributed by atoms with E-state index in [2.05, 4.69) is 41.2 Å². The van der Waals surface area contributed by atoms with E-state index in [1.165, 1.54) is 24.8 Å². The zero-order valence-electron chi connectivity index (χ0n) is 23.5. The first-order valence-electron chi connectivity index (χ1n) is 13.2. The van der Waals surface area contributed by atoms with E-state index < -0.39 is 11.6 Å². The quantitative estimate of drug-likeness (QED) is 0.0657. The van der Waals surface area contributed by atoms with Crippen molar-refractivity contribution < 1.29 is 30.0 Å². The first kappa shape index (κ1) is 35.9. The zero-order valence-corrected chi connectivity index (χ0v) is 25.1. The number of imidazole rings is 1. The van der Waals surface area contributed by atoms with Crippen LogP contribution in [-0.4, -0.2) is 104 Å². The molecular formula is C27H35Cl2N9O6. The van der Waals surface area contributed by atoms with E-state index in [9.17, 15) is 19.8 Å². The standard InChI is InChI=1S/C22H28N4O6.C5H5N5.2ClH/c27-11-9-23-5-7-25-13-1-2-14(26-8-6-24-10-12-28)18-17(13)21(31)19-15(29)3-4-16(30)20(19)22(18)32;6-4-3-5(9-1-7-3)10-2-8-4;;/h1-4,23-30H,5-12H2;1-2H,(H3,6,7,8,9,10);2*1H. The number of hydrogen-bond donors (Lipinski definition) is 10. The third kappa shape index (κ3) is 8.02. The lowest BCUT2D eigenvalue weighted by Crippen LogP contribution is -2.28. The predicted octanol–water partition coefficient (Wildman–Crippen LogP) is 0.639. The van der Waals surface area contributed by atoms with E-state index >= 15 is 0 Å². The van der Waals surface area contributed by atoms with Gasteiger partial charge in [0.2, 0.25) is 11.6 Å². The summed E-state index contributed by atoms with van der Waals surface area (Å²) in [6, 6.07) is 5.74. The number of hydrogen-bond acceptors (Lipinski definition) is 14. The van der Waals surface area contributed by atoms with Gasteiger partial charge in [-0.25, -0.2) is 15.0 Å². The highest BCUT2D eigenvalue weighted by molar-refractivity contribution is 6.33. The molecule has 17 heteroatoms. The summed E-state index contributed by atoms with van der Waals surface area (Å²) in [4.78, 5) is 41.1. The molecule has 2 aromatic heterocycles. The van der Waals surface area contributed by atoms with Gasteiger partial charge in [-0.2, -0.15) is 0 Å². The van der Waals surface area contributed by atoms with Crippen LogP contribution in [0.2, 0.25) is 0 Å². The monoisotopic (exact) mass is 651 g/mol. The Labute approximate surface area is 264 Å². The summed E-state index contributed by atoms with van der Waals surface area (Å²) < 4.78 is 0. The highest BCUT2D eigenvalue weighted by Gasteiger charge is 2.37. The number of carbonyl (C=O) groups excluding carboxylic acids is 2. The molecule has 2 heterocycles. The Morgan fingerprint density at radius 3 is 1.64 bits per heavy atom. The number of rotatable bonds is 12. The lowest BCUT2D eigenvalue weighted by Gasteiger charge is -2.25. The normalized spacial score (nSPS) is 11.4. The van der Waals surface area contributed by atoms with E-state index in [0.29, 0.717) is 67.6 Å². The van der Waals surface area contributed by atoms with Crippen molar-refractivity contribution in [2.24, 2.45) is 0 Å². The van der Waals surface area contributed by atoms with Crippen LogP contribution in [0, 0.1) is 0 Å². The number of halogens is 2. The number of aromatic hydroxyl groups is 2. The number of aromatic nitrogens is 4. The molecule has 0 atom stereocenters. The number of carbonyl (C=O) groups is 2. The van der Waals surface area contributed by atoms with E-state index in [4.69, 9.17) is 15.9 Å². The van der Waals surface area contributed by atoms with Crippen LogP contribution < -0.4 is 27.0 Å². The highest BCUT2D eigenvalue weighted by Crippen LogP contribution is 2.42. The third-order valence-corrected chi connectivity index (χ3v) is 6.34. The Kier molecular flexibility index (Phi) is 14.0. The molecule has 0 bridgehead atoms. The van der Waals surface area contributed by atoms with Gasteiger partial charge in [-0.15, -0.1) is 24.8 Å². The van der Waals surface area contributed by atoms with Gasteiger partial charge in [0.15, 0.2) is 11.5 Å². The van der Waals surface area contributed by atoms with Crippen LogP contribution in [0.3, 0.4) is 0 Å². The molecular weight excluding hydrogens is 617 g/mol. The van der Waals surface area contributed by atoms with Gasteiger partial charge >= 0.3 is 0 Å². The molecule has 0 aliphatic heterocycles. The Hall–Kier alpha value is -4.25. The fourth-order valence-electron chi connectivity index (χ4n) is 4.42. The van der Waals surface area contributed by atoms with Crippen molar-refractivity contribution >= 4 is 64.7 Å². The van der Waals surface area contributed by atoms with Crippen LogP contribution in [0.25, 0.3) is 11.2 Å². The van der Waals surface area contributed by atoms with Gasteiger partial charge in [0, 0.05) is 50.6 Å². The maximum atomic E-state index is 13.4. The fourth-order valence-corrected chi connectivity index (χ4v) is 4.42. The topological polar surface area (TPSA) is 244 Å². The third-order valence-electron chi connectivity index (χ3n) is 6.34. The molecule has 0 saturated carbocycles. The van der Waals surface area contributed by atoms with Gasteiger partial charge < -0.3 is 52.4 Å². The van der Waals surface area contributed by atoms with Crippen molar-refractivity contribution in [3.63, 3.8) is 0 Å². The molecule has 11 N–H and O–H groups in total. The average Bonchev–Trinajstić information content (AvgIpc) is 3.48. The first-order valence-corrected chi connectivity index (χ1v) is 13.2. The zero-order chi connectivity index (χ0) is 30.1. The summed E-state index contributed by atoms with van der Waals surface area (Å²) in [5, 5.41) is 50.6. The predicted molar refractivity (Wildman–Crippen MR) is 171 cm³/mol. The second-order valence-corrected chi connectivity index (χ2v) is 9.08. The number of aliphatic hydroxyl groups excluding tert-OH is 2. The number of H-pyrrole nitrogens is 1. The smallest absolute Gasteiger partial charge is 0.200 e. The lowest BCUT2D eigenvalue weighted by atomic mass is 9.81. The summed E-state index contributed by atoms with van der Waals surface area (Å²) in [6.07, 6.45) is 2.92. The van der Waals surface area contributed by atoms with E-state index in [0.717, 1.165) is 0 Å². The Morgan fingerprint density at radius 2 is 1.18 bits per heavy atom. The molecule has 44 heavy (non-hydrogen) atoms. The van der Waals surface area contributed by atoms with Crippen molar-refractivity contribution in [1.29, 1.82) is 0 Å². The maximum Gasteiger partial charge on any atom is 0.200 e. The van der Waals surface area contributed by atoms with E-state index in [1.54, 1.807) is 12.1 Å². The molecule has 1 aliphatic rings. The van der Waals surface area contributed by atoms with Gasteiger partial charge in [-0.1, -0.05) is 0 Å². The average molecular weight is 653 g/mol. The Bertz CT molecular complexity index is 1490. The van der Waals surface area contributed by atoms with Crippen LogP contribution in [0.1, 0.15) is 31.8 Å². The molecule has 0 amide bonds. The molecule has 4 aromatic rings. The minimum atomic E-state index is -0.559. The number of ketones is 2. The van der Waals surface area contributed by atoms with Crippen LogP contribution in [-0.2, 0) is 0 Å². The lowest BCUT2D eigenvalue weighted by molar-refractivity contribution is 0.0975. The number of phenols is 2. The van der Waals surface area contributed by atoms with Crippen molar-refractivity contribution in [1.82, 2.24) is 30.6 Å². The number of benzene rings is 2. The summed E-state index contributed by atoms with van der Waals surface area (Å²) in [5.74, 6) is -1.43. The Morgan fingerprint density at radius 1 is 0.682 bits per heavy atom. The molecule has 5 rings (SSSR count). The SMILES string of the molecule is Cl.Cl.Nc1ncnc2nc[nH]c12.O=C1c2c(O)ccc(O)c2C(=O)c2c(NCCNCCO)ccc(NCCNCCO)c21. The van der Waals surface area contributed by atoms with Gasteiger partial charge in [-0.3, -0.25) is 9.59 Å². The maximum absolute atomic E-state index is 13.4. The van der Waals surface area contributed by atoms with E-state index in [-0.39, 0.29) is 71.8 Å². The number of phenolic OH excluding ortho intramolecular Hbond substituents is 2. The number of fused-ring (bicyclic) bond motifs is 3. The van der Waals surface area contributed by atoms with Crippen molar-refractivity contribution in [2.75, 3.05) is 68.8 Å². The van der Waals surface area contributed by atoms with E-state index in [1.807, 2.05) is 0 Å². The molecule has 2 aromatic carbocycles. The molecule has 0 spiro atoms. The van der Waals surface area contributed by atoms with Crippen LogP contribution >= 0.6 is 24.8 Å².